The van der Waals surface area contributed by atoms with Crippen LogP contribution in [0.15, 0.2) is 36.4 Å². The Morgan fingerprint density at radius 1 is 1.25 bits per heavy atom. The van der Waals surface area contributed by atoms with Gasteiger partial charge < -0.3 is 10.2 Å². The Morgan fingerprint density at radius 2 is 2.00 bits per heavy atom. The average Bonchev–Trinajstić information content (AvgIpc) is 3.13. The van der Waals surface area contributed by atoms with E-state index in [1.54, 1.807) is 0 Å². The second kappa shape index (κ2) is 14.0. The standard InChI is InChI=1S/C26H36FNO4/c1-2-3-4-8-11-23(29)19-13-15-20(16-14-19)26-22(21(18-28)17-24(26)30)10-7-5-6-9-12-25(31)32-27/h5,7,13-16,21-24,26,29-30H,2-4,6,8-12,17H2,1H3/b7-5-/t21?,22-,23?,24+,26?/m0/s1. The highest BCUT2D eigenvalue weighted by Gasteiger charge is 2.42. The van der Waals surface area contributed by atoms with Crippen LogP contribution < -0.4 is 0 Å². The number of nitriles is 1. The average molecular weight is 446 g/mol. The zero-order valence-corrected chi connectivity index (χ0v) is 19.0. The molecule has 0 bridgehead atoms. The molecule has 32 heavy (non-hydrogen) atoms. The summed E-state index contributed by atoms with van der Waals surface area (Å²) in [5, 5.41) is 30.7. The highest BCUT2D eigenvalue weighted by molar-refractivity contribution is 5.68. The summed E-state index contributed by atoms with van der Waals surface area (Å²) in [5.74, 6) is -1.24. The zero-order valence-electron chi connectivity index (χ0n) is 19.0. The summed E-state index contributed by atoms with van der Waals surface area (Å²) in [5.41, 5.74) is 1.87. The maximum atomic E-state index is 11.7. The molecule has 1 saturated carbocycles. The van der Waals surface area contributed by atoms with Crippen molar-refractivity contribution in [1.82, 2.24) is 0 Å². The summed E-state index contributed by atoms with van der Waals surface area (Å²) in [6.45, 7) is 2.17. The largest absolute Gasteiger partial charge is 0.392 e. The van der Waals surface area contributed by atoms with E-state index >= 15 is 0 Å². The predicted octanol–water partition coefficient (Wildman–Crippen LogP) is 5.84. The molecule has 5 atom stereocenters. The smallest absolute Gasteiger partial charge is 0.348 e. The van der Waals surface area contributed by atoms with Crippen LogP contribution in [-0.2, 0) is 9.74 Å². The molecule has 0 spiro atoms. The van der Waals surface area contributed by atoms with Gasteiger partial charge in [-0.1, -0.05) is 69.0 Å². The van der Waals surface area contributed by atoms with Gasteiger partial charge in [-0.15, -0.1) is 0 Å². The molecule has 0 heterocycles. The molecule has 1 aliphatic rings. The lowest BCUT2D eigenvalue weighted by atomic mass is 9.82. The van der Waals surface area contributed by atoms with E-state index in [1.807, 2.05) is 36.4 Å². The number of hydrogen-bond donors (Lipinski definition) is 2. The van der Waals surface area contributed by atoms with Crippen LogP contribution in [0.5, 0.6) is 0 Å². The van der Waals surface area contributed by atoms with Gasteiger partial charge >= 0.3 is 5.97 Å². The molecule has 0 aromatic heterocycles. The maximum absolute atomic E-state index is 11.7. The van der Waals surface area contributed by atoms with Crippen LogP contribution in [0.4, 0.5) is 4.53 Å². The third-order valence-electron chi connectivity index (χ3n) is 6.50. The number of unbranched alkanes of at least 4 members (excludes halogenated alkanes) is 4. The summed E-state index contributed by atoms with van der Waals surface area (Å²) >= 11 is 0. The summed E-state index contributed by atoms with van der Waals surface area (Å²) in [6, 6.07) is 10.2. The van der Waals surface area contributed by atoms with Gasteiger partial charge in [0.2, 0.25) is 0 Å². The van der Waals surface area contributed by atoms with Gasteiger partial charge in [0.05, 0.1) is 24.2 Å². The summed E-state index contributed by atoms with van der Waals surface area (Å²) in [6.07, 6.45) is 10.3. The van der Waals surface area contributed by atoms with Crippen molar-refractivity contribution in [2.24, 2.45) is 11.8 Å². The lowest BCUT2D eigenvalue weighted by Gasteiger charge is -2.23. The predicted molar refractivity (Wildman–Crippen MR) is 121 cm³/mol. The molecule has 3 unspecified atom stereocenters. The molecule has 0 aliphatic heterocycles. The molecule has 1 aromatic rings. The number of rotatable bonds is 13. The van der Waals surface area contributed by atoms with Crippen LogP contribution >= 0.6 is 0 Å². The van der Waals surface area contributed by atoms with Gasteiger partial charge in [0.1, 0.15) is 0 Å². The molecule has 1 fully saturated rings. The Morgan fingerprint density at radius 3 is 2.66 bits per heavy atom. The van der Waals surface area contributed by atoms with Crippen LogP contribution in [-0.4, -0.2) is 22.3 Å². The molecule has 0 saturated heterocycles. The quantitative estimate of drug-likeness (QED) is 0.294. The molecule has 176 valence electrons. The van der Waals surface area contributed by atoms with Crippen molar-refractivity contribution < 1.29 is 24.5 Å². The molecule has 5 nitrogen and oxygen atoms in total. The molecule has 2 N–H and O–H groups in total. The first kappa shape index (κ1) is 26.0. The van der Waals surface area contributed by atoms with Gasteiger partial charge in [0, 0.05) is 16.9 Å². The number of aliphatic hydroxyl groups is 2. The van der Waals surface area contributed by atoms with Gasteiger partial charge in [0.25, 0.3) is 0 Å². The van der Waals surface area contributed by atoms with Crippen LogP contribution in [0, 0.1) is 23.2 Å². The number of aliphatic hydroxyl groups excluding tert-OH is 2. The van der Waals surface area contributed by atoms with Crippen molar-refractivity contribution in [2.75, 3.05) is 0 Å². The Bertz CT molecular complexity index is 758. The van der Waals surface area contributed by atoms with Crippen LogP contribution in [0.25, 0.3) is 0 Å². The zero-order chi connectivity index (χ0) is 23.3. The monoisotopic (exact) mass is 445 g/mol. The van der Waals surface area contributed by atoms with Crippen molar-refractivity contribution in [2.45, 2.75) is 89.3 Å². The van der Waals surface area contributed by atoms with Crippen molar-refractivity contribution >= 4 is 5.97 Å². The number of nitrogens with zero attached hydrogens (tertiary/aromatic N) is 1. The topological polar surface area (TPSA) is 90.5 Å². The maximum Gasteiger partial charge on any atom is 0.348 e. The molecule has 2 rings (SSSR count). The summed E-state index contributed by atoms with van der Waals surface area (Å²) in [4.78, 5) is 14.0. The normalized spacial score (nSPS) is 23.8. The minimum absolute atomic E-state index is 0.00752. The highest BCUT2D eigenvalue weighted by Crippen LogP contribution is 2.45. The van der Waals surface area contributed by atoms with Crippen molar-refractivity contribution in [3.8, 4) is 6.07 Å². The molecule has 0 amide bonds. The number of carbonyl (C=O) groups excluding carboxylic acids is 1. The Balaban J connectivity index is 1.97. The van der Waals surface area contributed by atoms with E-state index in [0.717, 1.165) is 30.4 Å². The molecule has 0 radical (unpaired) electrons. The summed E-state index contributed by atoms with van der Waals surface area (Å²) in [7, 11) is 0. The van der Waals surface area contributed by atoms with E-state index in [9.17, 15) is 24.8 Å². The van der Waals surface area contributed by atoms with E-state index in [0.29, 0.717) is 25.7 Å². The van der Waals surface area contributed by atoms with Gasteiger partial charge in [0.15, 0.2) is 0 Å². The first-order chi connectivity index (χ1) is 15.5. The van der Waals surface area contributed by atoms with Gasteiger partial charge in [-0.05, 0) is 49.1 Å². The Labute approximate surface area is 190 Å². The number of hydrogen-bond acceptors (Lipinski definition) is 5. The fraction of sp³-hybridized carbons (Fsp3) is 0.615. The van der Waals surface area contributed by atoms with Crippen molar-refractivity contribution in [3.05, 3.63) is 47.5 Å². The second-order valence-electron chi connectivity index (χ2n) is 8.81. The van der Waals surface area contributed by atoms with Crippen molar-refractivity contribution in [3.63, 3.8) is 0 Å². The molecular weight excluding hydrogens is 409 g/mol. The fourth-order valence-electron chi connectivity index (χ4n) is 4.69. The lowest BCUT2D eigenvalue weighted by Crippen LogP contribution is -2.18. The summed E-state index contributed by atoms with van der Waals surface area (Å²) < 4.78 is 11.7. The SMILES string of the molecule is CCCCCCC(O)c1ccc(C2[C@@H](C/C=C\CCCC(=O)OF)C(C#N)C[C@H]2O)cc1. The Kier molecular flexibility index (Phi) is 11.4. The minimum Gasteiger partial charge on any atom is -0.392 e. The van der Waals surface area contributed by atoms with E-state index in [1.165, 1.54) is 12.8 Å². The minimum atomic E-state index is -0.864. The first-order valence-corrected chi connectivity index (χ1v) is 11.8. The van der Waals surface area contributed by atoms with Gasteiger partial charge in [-0.25, -0.2) is 4.79 Å². The first-order valence-electron chi connectivity index (χ1n) is 11.8. The molecule has 1 aliphatic carbocycles. The third kappa shape index (κ3) is 7.72. The van der Waals surface area contributed by atoms with Crippen LogP contribution in [0.3, 0.4) is 0 Å². The van der Waals surface area contributed by atoms with Crippen molar-refractivity contribution in [1.29, 1.82) is 5.26 Å². The van der Waals surface area contributed by atoms with Gasteiger partial charge in [-0.2, -0.15) is 5.26 Å². The third-order valence-corrected chi connectivity index (χ3v) is 6.50. The second-order valence-corrected chi connectivity index (χ2v) is 8.81. The highest BCUT2D eigenvalue weighted by atomic mass is 19.3. The number of allylic oxidation sites excluding steroid dienone is 2. The molecule has 6 heteroatoms. The van der Waals surface area contributed by atoms with E-state index in [4.69, 9.17) is 0 Å². The number of carbonyl (C=O) groups is 1. The van der Waals surface area contributed by atoms with E-state index in [2.05, 4.69) is 17.9 Å². The van der Waals surface area contributed by atoms with Crippen LogP contribution in [0.2, 0.25) is 0 Å². The number of benzene rings is 1. The number of halogens is 1. The van der Waals surface area contributed by atoms with Gasteiger partial charge in [-0.3, -0.25) is 4.94 Å². The molecule has 1 aromatic carbocycles. The lowest BCUT2D eigenvalue weighted by molar-refractivity contribution is -0.183. The van der Waals surface area contributed by atoms with E-state index in [-0.39, 0.29) is 24.2 Å². The Hall–Kier alpha value is -2.23. The van der Waals surface area contributed by atoms with E-state index < -0.39 is 18.2 Å². The molecular formula is C26H36FNO4. The fourth-order valence-corrected chi connectivity index (χ4v) is 4.69. The van der Waals surface area contributed by atoms with Crippen LogP contribution in [0.1, 0.15) is 94.3 Å².